The molecule has 0 aliphatic rings. The van der Waals surface area contributed by atoms with Crippen LogP contribution in [-0.4, -0.2) is 145 Å². The van der Waals surface area contributed by atoms with Gasteiger partial charge in [0, 0.05) is 70.3 Å². The van der Waals surface area contributed by atoms with Gasteiger partial charge in [-0.2, -0.15) is 5.84 Å². The van der Waals surface area contributed by atoms with Gasteiger partial charge in [-0.3, -0.25) is 53.3 Å². The van der Waals surface area contributed by atoms with Crippen molar-refractivity contribution in [2.45, 2.75) is 140 Å². The van der Waals surface area contributed by atoms with Crippen molar-refractivity contribution in [3.63, 3.8) is 0 Å². The van der Waals surface area contributed by atoms with Crippen molar-refractivity contribution in [2.24, 2.45) is 34.1 Å². The summed E-state index contributed by atoms with van der Waals surface area (Å²) < 4.78 is 0. The molecule has 4 aromatic carbocycles. The number of carbonyl (C=O) groups is 10. The average Bonchev–Trinajstić information content (AvgIpc) is 1.92. The lowest BCUT2D eigenvalue weighted by atomic mass is 10.0. The first-order valence-electron chi connectivity index (χ1n) is 29.9. The van der Waals surface area contributed by atoms with Gasteiger partial charge in [0.2, 0.25) is 47.3 Å². The summed E-state index contributed by atoms with van der Waals surface area (Å²) in [6, 6.07) is 19.6. The zero-order valence-corrected chi connectivity index (χ0v) is 51.1. The molecule has 2 heterocycles. The molecule has 28 heteroatoms. The number of azo groups is 1. The minimum atomic E-state index is -1.54. The third-order valence-electron chi connectivity index (χ3n) is 14.9. The van der Waals surface area contributed by atoms with Crippen molar-refractivity contribution in [1.29, 1.82) is 0 Å². The number of nitrogens with zero attached hydrogens (tertiary/aromatic N) is 3. The van der Waals surface area contributed by atoms with Crippen molar-refractivity contribution in [3.8, 4) is 5.75 Å². The van der Waals surface area contributed by atoms with Gasteiger partial charge in [0.15, 0.2) is 6.04 Å². The summed E-state index contributed by atoms with van der Waals surface area (Å²) in [7, 11) is 0. The predicted molar refractivity (Wildman–Crippen MR) is 335 cm³/mol. The molecule has 0 aliphatic heterocycles. The van der Waals surface area contributed by atoms with Crippen molar-refractivity contribution in [3.05, 3.63) is 156 Å². The minimum Gasteiger partial charge on any atom is -0.508 e. The van der Waals surface area contributed by atoms with Gasteiger partial charge in [0.1, 0.15) is 42.0 Å². The highest BCUT2D eigenvalue weighted by Crippen LogP contribution is 2.20. The van der Waals surface area contributed by atoms with Gasteiger partial charge in [-0.25, -0.2) is 4.98 Å². The number of unbranched alkanes of at least 4 members (excludes halogenated alkanes) is 1. The number of imidazole rings is 1. The third-order valence-corrected chi connectivity index (χ3v) is 14.9. The maximum absolute atomic E-state index is 14.7. The molecule has 19 N–H and O–H groups in total. The number of phenols is 1. The molecule has 9 atom stereocenters. The monoisotopic (exact) mass is 1250 g/mol. The quantitative estimate of drug-likeness (QED) is 0.00837. The molecule has 1 unspecified atom stereocenters. The number of benzene rings is 4. The number of aromatic amines is 2. The second-order valence-corrected chi connectivity index (χ2v) is 22.4. The number of H-pyrrole nitrogens is 2. The minimum absolute atomic E-state index is 0.00688. The number of aromatic hydroxyl groups is 1. The van der Waals surface area contributed by atoms with Crippen LogP contribution in [0.15, 0.2) is 133 Å². The van der Waals surface area contributed by atoms with E-state index < -0.39 is 126 Å². The molecule has 91 heavy (non-hydrogen) atoms. The number of hydrogen-bond acceptors (Lipinski definition) is 14. The maximum Gasteiger partial charge on any atom is 0.288 e. The number of amides is 10. The van der Waals surface area contributed by atoms with E-state index in [1.807, 2.05) is 13.0 Å². The number of hydrazine groups is 1. The van der Waals surface area contributed by atoms with Crippen LogP contribution in [0, 0.1) is 5.92 Å². The standard InChI is InChI=1S/C63H81N17O11/c1-5-6-20-47(55(66)83)73-61(89)50(29-38-15-9-7-10-16-38)79-80(67)53(31-42-33-68-35-71-42)77-62(90)51(76-57(85)40-17-11-8-12-18-40)34-70-63(91)54(36(2)3)78-56(84)37(4)72-60(88)49(30-41-32-69-46-21-14-13-19-44(41)46)75-59(87)48(26-27-52(65)82)74-58(86)45(64)28-39-22-24-43(81)25-23-39/h7-19,21-25,32-33,35-37,45,47-51,53-54,69H,5-6,20,26-31,34,64H2,1-4H3,(H15-,65,66,67,68,70,71,72,73,74,75,76,77,78,79,81,82,83,84,85,86,87,88,89,90,91)/p+1/t37-,45+,47-,48-,49-,50-,51?,53+,54-/m0/s1. The van der Waals surface area contributed by atoms with Crippen molar-refractivity contribution in [1.82, 2.24) is 57.5 Å². The molecule has 10 amide bonds. The van der Waals surface area contributed by atoms with Gasteiger partial charge in [-0.05, 0) is 79.1 Å². The summed E-state index contributed by atoms with van der Waals surface area (Å²) >= 11 is 0. The van der Waals surface area contributed by atoms with Crippen LogP contribution in [0.2, 0.25) is 0 Å². The lowest BCUT2D eigenvalue weighted by molar-refractivity contribution is -0.645. The summed E-state index contributed by atoms with van der Waals surface area (Å²) in [4.78, 5) is 148. The van der Waals surface area contributed by atoms with Gasteiger partial charge in [0.25, 0.3) is 18.0 Å². The van der Waals surface area contributed by atoms with E-state index in [2.05, 4.69) is 62.6 Å². The number of para-hydroxylation sites is 1. The fraction of sp³-hybridized carbons (Fsp3) is 0.381. The fourth-order valence-electron chi connectivity index (χ4n) is 9.67. The topological polar surface area (TPSA) is 451 Å². The smallest absolute Gasteiger partial charge is 0.288 e. The highest BCUT2D eigenvalue weighted by Gasteiger charge is 2.36. The van der Waals surface area contributed by atoms with Crippen LogP contribution in [0.4, 0.5) is 0 Å². The number of nitrogens with two attached hydrogens (primary N) is 4. The molecule has 6 aromatic rings. The van der Waals surface area contributed by atoms with E-state index in [1.165, 1.54) is 43.7 Å². The Morgan fingerprint density at radius 1 is 0.615 bits per heavy atom. The van der Waals surface area contributed by atoms with Gasteiger partial charge in [-0.1, -0.05) is 112 Å². The number of carbonyl (C=O) groups excluding carboxylic acids is 10. The number of nitrogens with one attached hydrogen (secondary N) is 10. The maximum atomic E-state index is 14.7. The molecule has 0 radical (unpaired) electrons. The molecule has 0 saturated carbocycles. The number of rotatable bonds is 35. The molecule has 0 fully saturated rings. The second-order valence-electron chi connectivity index (χ2n) is 22.4. The van der Waals surface area contributed by atoms with Crippen LogP contribution in [0.25, 0.3) is 10.9 Å². The van der Waals surface area contributed by atoms with E-state index in [0.29, 0.717) is 28.8 Å². The van der Waals surface area contributed by atoms with Crippen LogP contribution in [-0.2, 0) is 68.8 Å². The number of fused-ring (bicyclic) bond motifs is 1. The molecule has 0 aliphatic carbocycles. The first kappa shape index (κ1) is 69.6. The van der Waals surface area contributed by atoms with Crippen molar-refractivity contribution >= 4 is 70.0 Å². The summed E-state index contributed by atoms with van der Waals surface area (Å²) in [6.45, 7) is 6.00. The van der Waals surface area contributed by atoms with Gasteiger partial charge in [0.05, 0.1) is 18.8 Å². The van der Waals surface area contributed by atoms with Crippen LogP contribution in [0.3, 0.4) is 0 Å². The van der Waals surface area contributed by atoms with Crippen LogP contribution >= 0.6 is 0 Å². The van der Waals surface area contributed by atoms with Gasteiger partial charge >= 0.3 is 0 Å². The third kappa shape index (κ3) is 21.6. The Kier molecular flexibility index (Phi) is 26.2. The molecule has 484 valence electrons. The molecule has 2 aromatic heterocycles. The summed E-state index contributed by atoms with van der Waals surface area (Å²) in [5.41, 5.74) is 20.6. The van der Waals surface area contributed by atoms with E-state index >= 15 is 0 Å². The van der Waals surface area contributed by atoms with Crippen LogP contribution < -0.4 is 65.6 Å². The van der Waals surface area contributed by atoms with Crippen molar-refractivity contribution < 1.29 is 57.9 Å². The largest absolute Gasteiger partial charge is 0.508 e. The Morgan fingerprint density at radius 2 is 1.24 bits per heavy atom. The van der Waals surface area contributed by atoms with E-state index in [1.54, 1.807) is 98.9 Å². The van der Waals surface area contributed by atoms with Gasteiger partial charge < -0.3 is 69.5 Å². The first-order valence-corrected chi connectivity index (χ1v) is 29.9. The first-order chi connectivity index (χ1) is 43.5. The number of primary amides is 2. The molecule has 6 rings (SSSR count). The Hall–Kier alpha value is -10.5. The Morgan fingerprint density at radius 3 is 1.89 bits per heavy atom. The summed E-state index contributed by atoms with van der Waals surface area (Å²) in [5, 5.41) is 36.4. The number of phenolic OH excluding ortho intramolecular Hbond substituents is 1. The van der Waals surface area contributed by atoms with E-state index in [4.69, 9.17) is 23.0 Å². The summed E-state index contributed by atoms with van der Waals surface area (Å²) in [5.74, 6) is -1.79. The van der Waals surface area contributed by atoms with E-state index in [-0.39, 0.29) is 56.3 Å². The lowest BCUT2D eigenvalue weighted by Crippen LogP contribution is -2.60. The Balaban J connectivity index is 1.20. The molecule has 0 bridgehead atoms. The Bertz CT molecular complexity index is 3470. The molecular formula is C63H82N17O11+. The molecule has 0 saturated heterocycles. The SMILES string of the molecule is CCCC[C@H](NC(=O)[C@H](Cc1ccccc1)N=[N+](N)[C@H](Cc1cnc[nH]1)NC(=O)C(CNC(=O)[C@@H](NC(=O)[C@H](C)NC(=O)[C@H](Cc1c[nH]c2ccccc12)NC(=O)[C@H](CCC(N)=O)NC(=O)[C@H](N)Cc1ccc(O)cc1)C(C)C)NC(=O)c1ccccc1)C(N)=O. The van der Waals surface area contributed by atoms with Crippen molar-refractivity contribution in [2.75, 3.05) is 6.54 Å². The van der Waals surface area contributed by atoms with Crippen LogP contribution in [0.1, 0.15) is 92.5 Å². The summed E-state index contributed by atoms with van der Waals surface area (Å²) in [6.07, 6.45) is 4.10. The lowest BCUT2D eigenvalue weighted by Gasteiger charge is -2.27. The highest BCUT2D eigenvalue weighted by atomic mass is 16.3. The molecule has 28 nitrogen and oxygen atoms in total. The zero-order chi connectivity index (χ0) is 66.1. The van der Waals surface area contributed by atoms with Crippen LogP contribution in [0.5, 0.6) is 5.75 Å². The van der Waals surface area contributed by atoms with E-state index in [0.717, 1.165) is 22.1 Å². The predicted octanol–water partition coefficient (Wildman–Crippen LogP) is 0.299. The Labute approximate surface area is 525 Å². The van der Waals surface area contributed by atoms with Gasteiger partial charge in [-0.15, -0.1) is 0 Å². The highest BCUT2D eigenvalue weighted by molar-refractivity contribution is 5.99. The number of hydrogen-bond donors (Lipinski definition) is 15. The van der Waals surface area contributed by atoms with E-state index in [9.17, 15) is 53.1 Å². The molecule has 0 spiro atoms. The average molecular weight is 1250 g/mol. The number of aromatic nitrogens is 3. The zero-order valence-electron chi connectivity index (χ0n) is 51.1. The normalized spacial score (nSPS) is 14.4. The second kappa shape index (κ2) is 34.3. The fourth-order valence-corrected chi connectivity index (χ4v) is 9.67. The molecular weight excluding hydrogens is 1170 g/mol.